The highest BCUT2D eigenvalue weighted by molar-refractivity contribution is 5.34. The van der Waals surface area contributed by atoms with Gasteiger partial charge in [-0.3, -0.25) is 0 Å². The van der Waals surface area contributed by atoms with Crippen LogP contribution < -0.4 is 14.4 Å². The van der Waals surface area contributed by atoms with Crippen molar-refractivity contribution in [2.24, 2.45) is 0 Å². The molecule has 1 aliphatic rings. The molecule has 1 saturated heterocycles. The Morgan fingerprint density at radius 1 is 1.26 bits per heavy atom. The third kappa shape index (κ3) is 3.02. The molecule has 19 heavy (non-hydrogen) atoms. The van der Waals surface area contributed by atoms with Crippen LogP contribution >= 0.6 is 0 Å². The first-order valence-corrected chi connectivity index (χ1v) is 6.01. The van der Waals surface area contributed by atoms with Crippen LogP contribution in [0.2, 0.25) is 0 Å². The predicted molar refractivity (Wildman–Crippen MR) is 66.6 cm³/mol. The van der Waals surface area contributed by atoms with Gasteiger partial charge in [-0.2, -0.15) is 9.97 Å². The molecule has 8 heteroatoms. The van der Waals surface area contributed by atoms with Crippen LogP contribution in [0.15, 0.2) is 0 Å². The molecular formula is C11H18N4O4. The number of nitrogens with zero attached hydrogens (tertiary/aromatic N) is 4. The summed E-state index contributed by atoms with van der Waals surface area (Å²) in [5.74, 6) is 0.456. The number of aliphatic hydroxyl groups is 1. The topological polar surface area (TPSA) is 89.8 Å². The van der Waals surface area contributed by atoms with Gasteiger partial charge in [0.15, 0.2) is 0 Å². The molecule has 0 aliphatic carbocycles. The van der Waals surface area contributed by atoms with E-state index in [1.165, 1.54) is 14.2 Å². The normalized spacial score (nSPS) is 23.3. The van der Waals surface area contributed by atoms with Crippen molar-refractivity contribution in [1.82, 2.24) is 15.0 Å². The fraction of sp³-hybridized carbons (Fsp3) is 0.727. The summed E-state index contributed by atoms with van der Waals surface area (Å²) >= 11 is 0. The Hall–Kier alpha value is -1.67. The van der Waals surface area contributed by atoms with Gasteiger partial charge in [-0.05, 0) is 6.92 Å². The zero-order valence-electron chi connectivity index (χ0n) is 11.2. The third-order valence-electron chi connectivity index (χ3n) is 2.91. The lowest BCUT2D eigenvalue weighted by molar-refractivity contribution is -0.0109. The quantitative estimate of drug-likeness (QED) is 0.781. The first-order chi connectivity index (χ1) is 9.17. The molecule has 1 aromatic rings. The number of hydrogen-bond donors (Lipinski definition) is 1. The van der Waals surface area contributed by atoms with Crippen LogP contribution in [-0.2, 0) is 4.74 Å². The molecule has 1 aliphatic heterocycles. The molecule has 0 saturated carbocycles. The van der Waals surface area contributed by atoms with Crippen molar-refractivity contribution in [2.45, 2.75) is 19.1 Å². The Labute approximate surface area is 111 Å². The minimum Gasteiger partial charge on any atom is -0.467 e. The molecule has 106 valence electrons. The van der Waals surface area contributed by atoms with Crippen LogP contribution in [0.3, 0.4) is 0 Å². The summed E-state index contributed by atoms with van der Waals surface area (Å²) in [4.78, 5) is 14.3. The molecule has 1 aromatic heterocycles. The third-order valence-corrected chi connectivity index (χ3v) is 2.91. The second-order valence-corrected chi connectivity index (χ2v) is 4.25. The van der Waals surface area contributed by atoms with Crippen LogP contribution in [-0.4, -0.2) is 66.2 Å². The minimum absolute atomic E-state index is 0.0391. The van der Waals surface area contributed by atoms with Gasteiger partial charge in [0.2, 0.25) is 5.95 Å². The first kappa shape index (κ1) is 13.8. The highest BCUT2D eigenvalue weighted by Crippen LogP contribution is 2.21. The highest BCUT2D eigenvalue weighted by Gasteiger charge is 2.28. The van der Waals surface area contributed by atoms with Crippen LogP contribution in [0.5, 0.6) is 12.0 Å². The molecule has 0 amide bonds. The zero-order chi connectivity index (χ0) is 13.8. The van der Waals surface area contributed by atoms with Gasteiger partial charge < -0.3 is 24.2 Å². The van der Waals surface area contributed by atoms with Crippen molar-refractivity contribution in [3.8, 4) is 12.0 Å². The number of rotatable bonds is 4. The molecule has 1 N–H and O–H groups in total. The van der Waals surface area contributed by atoms with Gasteiger partial charge in [-0.25, -0.2) is 0 Å². The van der Waals surface area contributed by atoms with Gasteiger partial charge in [0.1, 0.15) is 0 Å². The van der Waals surface area contributed by atoms with E-state index in [1.807, 2.05) is 11.8 Å². The highest BCUT2D eigenvalue weighted by atomic mass is 16.5. The van der Waals surface area contributed by atoms with Crippen LogP contribution in [0.1, 0.15) is 6.92 Å². The Morgan fingerprint density at radius 3 is 2.42 bits per heavy atom. The van der Waals surface area contributed by atoms with Crippen molar-refractivity contribution >= 4 is 5.95 Å². The van der Waals surface area contributed by atoms with E-state index < -0.39 is 0 Å². The number of hydrogen-bond acceptors (Lipinski definition) is 8. The predicted octanol–water partition coefficient (Wildman–Crippen LogP) is -0.525. The fourth-order valence-electron chi connectivity index (χ4n) is 1.85. The molecule has 2 rings (SSSR count). The average molecular weight is 270 g/mol. The molecule has 2 heterocycles. The van der Waals surface area contributed by atoms with Gasteiger partial charge in [0.05, 0.1) is 39.6 Å². The van der Waals surface area contributed by atoms with Gasteiger partial charge in [0.25, 0.3) is 0 Å². The van der Waals surface area contributed by atoms with Crippen molar-refractivity contribution in [3.63, 3.8) is 0 Å². The van der Waals surface area contributed by atoms with E-state index in [2.05, 4.69) is 15.0 Å². The molecule has 1 fully saturated rings. The molecular weight excluding hydrogens is 252 g/mol. The van der Waals surface area contributed by atoms with E-state index in [4.69, 9.17) is 14.2 Å². The lowest BCUT2D eigenvalue weighted by Crippen LogP contribution is -2.50. The second kappa shape index (κ2) is 5.98. The fourth-order valence-corrected chi connectivity index (χ4v) is 1.85. The lowest BCUT2D eigenvalue weighted by Gasteiger charge is -2.37. The smallest absolute Gasteiger partial charge is 0.324 e. The van der Waals surface area contributed by atoms with E-state index in [0.717, 1.165) is 0 Å². The average Bonchev–Trinajstić information content (AvgIpc) is 2.47. The summed E-state index contributed by atoms with van der Waals surface area (Å²) in [5.41, 5.74) is 0. The molecule has 0 spiro atoms. The van der Waals surface area contributed by atoms with E-state index in [1.54, 1.807) is 0 Å². The van der Waals surface area contributed by atoms with Gasteiger partial charge >= 0.3 is 12.0 Å². The number of anilines is 1. The Bertz CT molecular complexity index is 409. The van der Waals surface area contributed by atoms with Crippen molar-refractivity contribution in [2.75, 3.05) is 38.9 Å². The summed E-state index contributed by atoms with van der Waals surface area (Å²) < 4.78 is 15.5. The Balaban J connectivity index is 2.27. The first-order valence-electron chi connectivity index (χ1n) is 6.01. The van der Waals surface area contributed by atoms with Crippen LogP contribution in [0.25, 0.3) is 0 Å². The summed E-state index contributed by atoms with van der Waals surface area (Å²) in [7, 11) is 2.97. The van der Waals surface area contributed by atoms with Crippen molar-refractivity contribution < 1.29 is 19.3 Å². The van der Waals surface area contributed by atoms with Gasteiger partial charge in [0, 0.05) is 6.54 Å². The molecule has 8 nitrogen and oxygen atoms in total. The second-order valence-electron chi connectivity index (χ2n) is 4.25. The summed E-state index contributed by atoms with van der Waals surface area (Å²) in [6.45, 7) is 2.97. The minimum atomic E-state index is -0.245. The van der Waals surface area contributed by atoms with Gasteiger partial charge in [-0.1, -0.05) is 0 Å². The van der Waals surface area contributed by atoms with E-state index in [0.29, 0.717) is 19.1 Å². The largest absolute Gasteiger partial charge is 0.467 e. The molecule has 0 radical (unpaired) electrons. The molecule has 0 bridgehead atoms. The van der Waals surface area contributed by atoms with Gasteiger partial charge in [-0.15, -0.1) is 4.98 Å². The van der Waals surface area contributed by atoms with Crippen LogP contribution in [0, 0.1) is 0 Å². The Kier molecular flexibility index (Phi) is 4.33. The summed E-state index contributed by atoms with van der Waals surface area (Å²) in [6, 6.07) is 0.488. The number of aliphatic hydroxyl groups excluding tert-OH is 1. The van der Waals surface area contributed by atoms with Crippen LogP contribution in [0.4, 0.5) is 5.95 Å². The summed E-state index contributed by atoms with van der Waals surface area (Å²) in [5, 5.41) is 9.19. The number of morpholine rings is 1. The summed E-state index contributed by atoms with van der Waals surface area (Å²) in [6.07, 6.45) is -0.245. The van der Waals surface area contributed by atoms with E-state index in [-0.39, 0.29) is 30.8 Å². The maximum absolute atomic E-state index is 9.19. The molecule has 0 aromatic carbocycles. The van der Waals surface area contributed by atoms with Crippen molar-refractivity contribution in [1.29, 1.82) is 0 Å². The molecule has 2 atom stereocenters. The number of ether oxygens (including phenoxy) is 3. The van der Waals surface area contributed by atoms with Crippen molar-refractivity contribution in [3.05, 3.63) is 0 Å². The monoisotopic (exact) mass is 270 g/mol. The Morgan fingerprint density at radius 2 is 1.89 bits per heavy atom. The number of methoxy groups -OCH3 is 2. The number of aromatic nitrogens is 3. The van der Waals surface area contributed by atoms with E-state index in [9.17, 15) is 5.11 Å². The maximum Gasteiger partial charge on any atom is 0.324 e. The lowest BCUT2D eigenvalue weighted by atomic mass is 10.2. The van der Waals surface area contributed by atoms with E-state index >= 15 is 0 Å². The molecule has 2 unspecified atom stereocenters. The standard InChI is InChI=1S/C11H18N4O4/c1-7-6-19-8(5-16)4-15(7)9-12-10(17-2)14-11(13-9)18-3/h7-8,16H,4-6H2,1-3H3. The SMILES string of the molecule is COc1nc(OC)nc(N2CC(CO)OCC2C)n1. The zero-order valence-corrected chi connectivity index (χ0v) is 11.2. The maximum atomic E-state index is 9.19.